The van der Waals surface area contributed by atoms with Crippen molar-refractivity contribution < 1.29 is 9.13 Å². The van der Waals surface area contributed by atoms with Crippen molar-refractivity contribution in [3.05, 3.63) is 11.4 Å². The van der Waals surface area contributed by atoms with Gasteiger partial charge in [0.25, 0.3) is 0 Å². The molecule has 0 saturated carbocycles. The van der Waals surface area contributed by atoms with E-state index in [1.807, 2.05) is 0 Å². The van der Waals surface area contributed by atoms with Crippen LogP contribution in [0.5, 0.6) is 0 Å². The fourth-order valence-electron chi connectivity index (χ4n) is 3.54. The number of rotatable bonds is 2. The van der Waals surface area contributed by atoms with Gasteiger partial charge in [-0.1, -0.05) is 0 Å². The second-order valence-corrected chi connectivity index (χ2v) is 5.88. The molecular weight excluding hydrogens is 259 g/mol. The Morgan fingerprint density at radius 2 is 1.85 bits per heavy atom. The Kier molecular flexibility index (Phi) is 4.43. The summed E-state index contributed by atoms with van der Waals surface area (Å²) in [5.41, 5.74) is 7.40. The number of hydrogen-bond acceptors (Lipinski definition) is 5. The lowest BCUT2D eigenvalue weighted by atomic mass is 10.00. The summed E-state index contributed by atoms with van der Waals surface area (Å²) in [6.07, 6.45) is 1.23. The number of halogens is 1. The van der Waals surface area contributed by atoms with E-state index in [-0.39, 0.29) is 0 Å². The number of nitrogens with one attached hydrogen (secondary N) is 1. The normalized spacial score (nSPS) is 30.9. The molecule has 2 saturated heterocycles. The van der Waals surface area contributed by atoms with Crippen molar-refractivity contribution in [2.45, 2.75) is 25.1 Å². The largest absolute Gasteiger partial charge is 0.400 e. The third kappa shape index (κ3) is 2.92. The van der Waals surface area contributed by atoms with Gasteiger partial charge in [-0.3, -0.25) is 4.90 Å². The fraction of sp³-hybridized carbons (Fsp3) is 0.857. The molecule has 0 aromatic heterocycles. The number of ether oxygens (including phenoxy) is 1. The monoisotopic (exact) mass is 284 g/mol. The Morgan fingerprint density at radius 3 is 2.50 bits per heavy atom. The average Bonchev–Trinajstić information content (AvgIpc) is 2.49. The van der Waals surface area contributed by atoms with Crippen LogP contribution in [0.25, 0.3) is 0 Å². The molecule has 1 atom stereocenters. The van der Waals surface area contributed by atoms with Crippen LogP contribution in [0.15, 0.2) is 11.4 Å². The summed E-state index contributed by atoms with van der Waals surface area (Å²) >= 11 is 0. The number of alkyl halides is 1. The van der Waals surface area contributed by atoms with E-state index in [1.165, 1.54) is 0 Å². The number of nitrogens with two attached hydrogens (primary N) is 1. The zero-order chi connectivity index (χ0) is 13.9. The minimum Gasteiger partial charge on any atom is -0.400 e. The summed E-state index contributed by atoms with van der Waals surface area (Å²) in [6, 6.07) is 0.622. The van der Waals surface area contributed by atoms with Crippen molar-refractivity contribution in [2.24, 2.45) is 5.73 Å². The highest BCUT2D eigenvalue weighted by Gasteiger charge is 2.31. The van der Waals surface area contributed by atoms with Crippen molar-refractivity contribution in [3.8, 4) is 0 Å². The summed E-state index contributed by atoms with van der Waals surface area (Å²) in [6.45, 7) is 6.58. The number of piperidine rings is 1. The van der Waals surface area contributed by atoms with E-state index in [9.17, 15) is 4.39 Å². The molecule has 3 aliphatic rings. The molecule has 3 rings (SSSR count). The first kappa shape index (κ1) is 14.1. The minimum absolute atomic E-state index is 0.388. The van der Waals surface area contributed by atoms with Crippen molar-refractivity contribution >= 4 is 0 Å². The number of nitrogens with zero attached hydrogens (tertiary/aromatic N) is 2. The molecule has 20 heavy (non-hydrogen) atoms. The van der Waals surface area contributed by atoms with Crippen LogP contribution in [0.2, 0.25) is 0 Å². The molecule has 0 radical (unpaired) electrons. The second-order valence-electron chi connectivity index (χ2n) is 5.88. The first-order valence-corrected chi connectivity index (χ1v) is 7.66. The third-order valence-corrected chi connectivity index (χ3v) is 4.63. The van der Waals surface area contributed by atoms with E-state index in [0.717, 1.165) is 57.9 Å². The number of hydrogen-bond donors (Lipinski definition) is 2. The summed E-state index contributed by atoms with van der Waals surface area (Å²) in [7, 11) is 0. The maximum atomic E-state index is 14.1. The molecule has 0 bridgehead atoms. The smallest absolute Gasteiger partial charge is 0.154 e. The van der Waals surface area contributed by atoms with Gasteiger partial charge in [-0.25, -0.2) is 4.39 Å². The van der Waals surface area contributed by atoms with Gasteiger partial charge < -0.3 is 20.7 Å². The van der Waals surface area contributed by atoms with Crippen molar-refractivity contribution in [1.82, 2.24) is 15.1 Å². The minimum atomic E-state index is -0.955. The van der Waals surface area contributed by atoms with Gasteiger partial charge in [0, 0.05) is 51.0 Å². The Bertz CT molecular complexity index is 362. The van der Waals surface area contributed by atoms with Gasteiger partial charge in [0.1, 0.15) is 0 Å². The van der Waals surface area contributed by atoms with Crippen LogP contribution in [0.3, 0.4) is 0 Å². The zero-order valence-corrected chi connectivity index (χ0v) is 12.0. The Labute approximate surface area is 119 Å². The van der Waals surface area contributed by atoms with E-state index in [0.29, 0.717) is 24.8 Å². The van der Waals surface area contributed by atoms with Gasteiger partial charge in [0.05, 0.1) is 18.9 Å². The van der Waals surface area contributed by atoms with Crippen molar-refractivity contribution in [3.63, 3.8) is 0 Å². The highest BCUT2D eigenvalue weighted by molar-refractivity contribution is 5.20. The summed E-state index contributed by atoms with van der Waals surface area (Å²) in [4.78, 5) is 4.69. The van der Waals surface area contributed by atoms with Crippen LogP contribution in [-0.2, 0) is 4.74 Å². The van der Waals surface area contributed by atoms with Crippen LogP contribution in [0.4, 0.5) is 4.39 Å². The lowest BCUT2D eigenvalue weighted by Crippen LogP contribution is -2.51. The summed E-state index contributed by atoms with van der Waals surface area (Å²) in [5, 5.41) is 3.01. The molecule has 114 valence electrons. The average molecular weight is 284 g/mol. The van der Waals surface area contributed by atoms with E-state index in [2.05, 4.69) is 15.1 Å². The van der Waals surface area contributed by atoms with Crippen molar-refractivity contribution in [1.29, 1.82) is 0 Å². The maximum absolute atomic E-state index is 14.1. The summed E-state index contributed by atoms with van der Waals surface area (Å²) < 4.78 is 19.5. The zero-order valence-electron chi connectivity index (χ0n) is 12.0. The molecule has 3 N–H and O–H groups in total. The van der Waals surface area contributed by atoms with E-state index < -0.39 is 6.17 Å². The summed E-state index contributed by atoms with van der Waals surface area (Å²) in [5.74, 6) is 0. The molecule has 0 amide bonds. The van der Waals surface area contributed by atoms with Crippen LogP contribution in [-0.4, -0.2) is 74.5 Å². The van der Waals surface area contributed by atoms with E-state index >= 15 is 0 Å². The highest BCUT2D eigenvalue weighted by atomic mass is 19.1. The lowest BCUT2D eigenvalue weighted by Gasteiger charge is -2.42. The SMILES string of the molecule is NC1=C(N2CCC(N3CCOCC3)CC2)C(F)CNC1. The van der Waals surface area contributed by atoms with Gasteiger partial charge in [0.15, 0.2) is 6.17 Å². The molecule has 3 heterocycles. The standard InChI is InChI=1S/C14H25FN4O/c15-12-9-17-10-13(16)14(12)19-3-1-11(2-4-19)18-5-7-20-8-6-18/h11-12,17H,1-10,16H2. The lowest BCUT2D eigenvalue weighted by molar-refractivity contribution is 0.00224. The quantitative estimate of drug-likeness (QED) is 0.741. The van der Waals surface area contributed by atoms with Gasteiger partial charge >= 0.3 is 0 Å². The molecule has 2 fully saturated rings. The fourth-order valence-corrected chi connectivity index (χ4v) is 3.54. The van der Waals surface area contributed by atoms with Crippen LogP contribution < -0.4 is 11.1 Å². The van der Waals surface area contributed by atoms with Crippen LogP contribution >= 0.6 is 0 Å². The predicted octanol–water partition coefficient (Wildman–Crippen LogP) is -0.105. The molecule has 0 aromatic carbocycles. The van der Waals surface area contributed by atoms with E-state index in [4.69, 9.17) is 10.5 Å². The molecule has 5 nitrogen and oxygen atoms in total. The number of likely N-dealkylation sites (tertiary alicyclic amines) is 1. The topological polar surface area (TPSA) is 53.8 Å². The molecule has 3 aliphatic heterocycles. The van der Waals surface area contributed by atoms with Crippen molar-refractivity contribution in [2.75, 3.05) is 52.5 Å². The Hall–Kier alpha value is -0.850. The van der Waals surface area contributed by atoms with E-state index in [1.54, 1.807) is 0 Å². The van der Waals surface area contributed by atoms with Crippen LogP contribution in [0.1, 0.15) is 12.8 Å². The first-order chi connectivity index (χ1) is 9.75. The molecule has 1 unspecified atom stereocenters. The molecule has 0 aromatic rings. The van der Waals surface area contributed by atoms with Gasteiger partial charge in [-0.2, -0.15) is 0 Å². The second kappa shape index (κ2) is 6.28. The van der Waals surface area contributed by atoms with Crippen LogP contribution in [0, 0.1) is 0 Å². The van der Waals surface area contributed by atoms with Gasteiger partial charge in [-0.05, 0) is 12.8 Å². The van der Waals surface area contributed by atoms with Gasteiger partial charge in [0.2, 0.25) is 0 Å². The highest BCUT2D eigenvalue weighted by Crippen LogP contribution is 2.25. The molecular formula is C14H25FN4O. The Balaban J connectivity index is 1.58. The predicted molar refractivity (Wildman–Crippen MR) is 76.0 cm³/mol. The Morgan fingerprint density at radius 1 is 1.15 bits per heavy atom. The molecule has 0 aliphatic carbocycles. The maximum Gasteiger partial charge on any atom is 0.154 e. The molecule has 0 spiro atoms. The van der Waals surface area contributed by atoms with Gasteiger partial charge in [-0.15, -0.1) is 0 Å². The third-order valence-electron chi connectivity index (χ3n) is 4.63. The first-order valence-electron chi connectivity index (χ1n) is 7.66. The number of morpholine rings is 1. The molecule has 6 heteroatoms.